The highest BCUT2D eigenvalue weighted by molar-refractivity contribution is 9.10. The Labute approximate surface area is 221 Å². The van der Waals surface area contributed by atoms with Gasteiger partial charge in [0.25, 0.3) is 0 Å². The third-order valence-electron chi connectivity index (χ3n) is 6.41. The second-order valence-corrected chi connectivity index (χ2v) is 9.67. The van der Waals surface area contributed by atoms with Crippen molar-refractivity contribution in [2.24, 2.45) is 0 Å². The van der Waals surface area contributed by atoms with Gasteiger partial charge < -0.3 is 5.32 Å². The fourth-order valence-corrected chi connectivity index (χ4v) is 4.88. The van der Waals surface area contributed by atoms with Crippen LogP contribution in [0.3, 0.4) is 0 Å². The highest BCUT2D eigenvalue weighted by atomic mass is 79.9. The molecule has 9 heteroatoms. The highest BCUT2D eigenvalue weighted by Gasteiger charge is 2.26. The van der Waals surface area contributed by atoms with Gasteiger partial charge in [0.2, 0.25) is 5.95 Å². The van der Waals surface area contributed by atoms with Crippen LogP contribution in [-0.2, 0) is 19.5 Å². The van der Waals surface area contributed by atoms with Gasteiger partial charge in [-0.25, -0.2) is 14.2 Å². The summed E-state index contributed by atoms with van der Waals surface area (Å²) in [6, 6.07) is 15.1. The molecule has 0 saturated carbocycles. The summed E-state index contributed by atoms with van der Waals surface area (Å²) in [7, 11) is 0. The lowest BCUT2D eigenvalue weighted by atomic mass is 10.0. The van der Waals surface area contributed by atoms with Gasteiger partial charge in [-0.3, -0.25) is 9.47 Å². The molecule has 0 aliphatic carbocycles. The first-order chi connectivity index (χ1) is 17.9. The molecule has 0 fully saturated rings. The second-order valence-electron chi connectivity index (χ2n) is 8.81. The molecule has 0 atom stereocenters. The lowest BCUT2D eigenvalue weighted by Crippen LogP contribution is -2.34. The maximum absolute atomic E-state index is 13.8. The average molecular weight is 562 g/mol. The van der Waals surface area contributed by atoms with E-state index in [1.54, 1.807) is 28.8 Å². The molecule has 4 aromatic rings. The van der Waals surface area contributed by atoms with Crippen molar-refractivity contribution in [1.82, 2.24) is 19.8 Å². The molecule has 1 N–H and O–H groups in total. The zero-order valence-corrected chi connectivity index (χ0v) is 21.3. The number of nitrogens with one attached hydrogen (secondary N) is 1. The number of nitriles is 1. The average Bonchev–Trinajstić information content (AvgIpc) is 3.22. The van der Waals surface area contributed by atoms with E-state index >= 15 is 0 Å². The van der Waals surface area contributed by atoms with Gasteiger partial charge in [-0.15, -0.1) is 0 Å². The van der Waals surface area contributed by atoms with Gasteiger partial charge in [0, 0.05) is 49.9 Å². The third kappa shape index (κ3) is 5.31. The van der Waals surface area contributed by atoms with Crippen molar-refractivity contribution in [2.75, 3.05) is 13.1 Å². The van der Waals surface area contributed by atoms with Crippen molar-refractivity contribution in [3.63, 3.8) is 0 Å². The molecule has 2 aromatic heterocycles. The van der Waals surface area contributed by atoms with Crippen molar-refractivity contribution in [3.8, 4) is 6.07 Å². The Morgan fingerprint density at radius 3 is 2.84 bits per heavy atom. The van der Waals surface area contributed by atoms with Gasteiger partial charge in [0.15, 0.2) is 0 Å². The van der Waals surface area contributed by atoms with Gasteiger partial charge in [-0.1, -0.05) is 18.2 Å². The van der Waals surface area contributed by atoms with Gasteiger partial charge in [0.05, 0.1) is 21.6 Å². The third-order valence-corrected chi connectivity index (χ3v) is 7.05. The van der Waals surface area contributed by atoms with Crippen LogP contribution in [0, 0.1) is 23.1 Å². The van der Waals surface area contributed by atoms with Crippen LogP contribution in [0.5, 0.6) is 0 Å². The number of hydrogen-bond acceptors (Lipinski definition) is 4. The molecule has 2 aromatic carbocycles. The Bertz CT molecular complexity index is 1570. The van der Waals surface area contributed by atoms with Crippen LogP contribution in [0.15, 0.2) is 65.3 Å². The molecule has 37 heavy (non-hydrogen) atoms. The quantitative estimate of drug-likeness (QED) is 0.313. The minimum Gasteiger partial charge on any atom is -0.333 e. The molecule has 0 radical (unpaired) electrons. The number of rotatable bonds is 5. The molecule has 0 saturated heterocycles. The number of fused-ring (bicyclic) bond motifs is 3. The number of nitrogens with zero attached hydrogens (tertiary/aromatic N) is 4. The number of amides is 1. The number of carbonyl (C=O) groups excluding carboxylic acids is 1. The van der Waals surface area contributed by atoms with E-state index in [4.69, 9.17) is 0 Å². The van der Waals surface area contributed by atoms with E-state index in [9.17, 15) is 18.8 Å². The van der Waals surface area contributed by atoms with Gasteiger partial charge in [0.1, 0.15) is 5.82 Å². The maximum atomic E-state index is 13.8. The summed E-state index contributed by atoms with van der Waals surface area (Å²) in [4.78, 5) is 19.1. The standard InChI is InChI=1S/C28H22BrF2N5O/c29-23-5-3-18(13-24(23)30)2-1-10-35-11-8-26-22(17-35)21-12-19(15-32)4-6-25(21)36(26)28(37)34-16-20-7-9-33-27(31)14-20/h1-7,9,12-14H,8,10-11,16-17H2,(H,34,37). The number of halogens is 3. The molecular formula is C28H22BrF2N5O. The van der Waals surface area contributed by atoms with Crippen LogP contribution < -0.4 is 5.32 Å². The number of carbonyl (C=O) groups is 1. The van der Waals surface area contributed by atoms with Crippen LogP contribution in [0.2, 0.25) is 0 Å². The summed E-state index contributed by atoms with van der Waals surface area (Å²) in [6.07, 6.45) is 5.89. The normalized spacial score (nSPS) is 13.6. The summed E-state index contributed by atoms with van der Waals surface area (Å²) in [5.41, 5.74) is 4.55. The van der Waals surface area contributed by atoms with Crippen LogP contribution in [-0.4, -0.2) is 33.6 Å². The first kappa shape index (κ1) is 24.8. The Morgan fingerprint density at radius 1 is 1.19 bits per heavy atom. The van der Waals surface area contributed by atoms with Crippen molar-refractivity contribution in [1.29, 1.82) is 5.26 Å². The molecule has 3 heterocycles. The SMILES string of the molecule is N#Cc1ccc2c(c1)c1c(n2C(=O)NCc2ccnc(F)c2)CCN(CC=Cc2ccc(Br)c(F)c2)C1. The van der Waals surface area contributed by atoms with E-state index in [0.29, 0.717) is 35.1 Å². The van der Waals surface area contributed by atoms with Crippen molar-refractivity contribution in [2.45, 2.75) is 19.5 Å². The zero-order valence-electron chi connectivity index (χ0n) is 19.7. The maximum Gasteiger partial charge on any atom is 0.326 e. The Balaban J connectivity index is 1.39. The summed E-state index contributed by atoms with van der Waals surface area (Å²) >= 11 is 3.17. The molecule has 0 unspecified atom stereocenters. The summed E-state index contributed by atoms with van der Waals surface area (Å²) in [5.74, 6) is -0.905. The molecule has 1 amide bonds. The van der Waals surface area contributed by atoms with Crippen LogP contribution in [0.25, 0.3) is 17.0 Å². The minimum absolute atomic E-state index is 0.163. The van der Waals surface area contributed by atoms with Crippen molar-refractivity contribution in [3.05, 3.63) is 105 Å². The van der Waals surface area contributed by atoms with E-state index in [1.807, 2.05) is 24.3 Å². The Kier molecular flexibility index (Phi) is 7.12. The van der Waals surface area contributed by atoms with Crippen molar-refractivity contribution >= 4 is 38.9 Å². The minimum atomic E-state index is -0.598. The summed E-state index contributed by atoms with van der Waals surface area (Å²) < 4.78 is 29.3. The van der Waals surface area contributed by atoms with Gasteiger partial charge >= 0.3 is 6.03 Å². The van der Waals surface area contributed by atoms with Crippen LogP contribution in [0.1, 0.15) is 27.9 Å². The summed E-state index contributed by atoms with van der Waals surface area (Å²) in [5, 5.41) is 13.2. The van der Waals surface area contributed by atoms with E-state index in [0.717, 1.165) is 34.3 Å². The molecule has 0 bridgehead atoms. The van der Waals surface area contributed by atoms with E-state index in [2.05, 4.69) is 37.2 Å². The monoisotopic (exact) mass is 561 g/mol. The Morgan fingerprint density at radius 2 is 2.05 bits per heavy atom. The Hall–Kier alpha value is -3.87. The molecule has 1 aliphatic rings. The first-order valence-corrected chi connectivity index (χ1v) is 12.5. The molecular weight excluding hydrogens is 540 g/mol. The predicted molar refractivity (Wildman–Crippen MR) is 141 cm³/mol. The second kappa shape index (κ2) is 10.6. The first-order valence-electron chi connectivity index (χ1n) is 11.7. The summed E-state index contributed by atoms with van der Waals surface area (Å²) in [6.45, 7) is 2.16. The number of hydrogen-bond donors (Lipinski definition) is 1. The van der Waals surface area contributed by atoms with E-state index in [1.165, 1.54) is 18.3 Å². The zero-order chi connectivity index (χ0) is 25.9. The lowest BCUT2D eigenvalue weighted by molar-refractivity contribution is 0.240. The molecule has 0 spiro atoms. The smallest absolute Gasteiger partial charge is 0.326 e. The predicted octanol–water partition coefficient (Wildman–Crippen LogP) is 5.78. The molecule has 1 aliphatic heterocycles. The van der Waals surface area contributed by atoms with Crippen LogP contribution in [0.4, 0.5) is 13.6 Å². The van der Waals surface area contributed by atoms with Crippen LogP contribution >= 0.6 is 15.9 Å². The van der Waals surface area contributed by atoms with E-state index < -0.39 is 5.95 Å². The molecule has 186 valence electrons. The van der Waals surface area contributed by atoms with Gasteiger partial charge in [-0.2, -0.15) is 9.65 Å². The fraction of sp³-hybridized carbons (Fsp3) is 0.179. The number of benzene rings is 2. The lowest BCUT2D eigenvalue weighted by Gasteiger charge is -2.27. The molecule has 5 rings (SSSR count). The van der Waals surface area contributed by atoms with Crippen molar-refractivity contribution < 1.29 is 13.6 Å². The largest absolute Gasteiger partial charge is 0.333 e. The molecule has 6 nitrogen and oxygen atoms in total. The topological polar surface area (TPSA) is 74.0 Å². The number of aromatic nitrogens is 2. The highest BCUT2D eigenvalue weighted by Crippen LogP contribution is 2.32. The van der Waals surface area contributed by atoms with E-state index in [-0.39, 0.29) is 18.4 Å². The fourth-order valence-electron chi connectivity index (χ4n) is 4.63. The number of pyridine rings is 1. The van der Waals surface area contributed by atoms with Gasteiger partial charge in [-0.05, 0) is 75.1 Å².